The van der Waals surface area contributed by atoms with Crippen LogP contribution in [0.2, 0.25) is 0 Å². The number of hydrogen-bond acceptors (Lipinski definition) is 2. The van der Waals surface area contributed by atoms with Crippen molar-refractivity contribution in [1.82, 2.24) is 0 Å². The predicted molar refractivity (Wildman–Crippen MR) is 86.1 cm³/mol. The molecule has 0 amide bonds. The van der Waals surface area contributed by atoms with Crippen LogP contribution in [0, 0.1) is 11.3 Å². The molecule has 1 N–H and O–H groups in total. The van der Waals surface area contributed by atoms with Gasteiger partial charge in [-0.2, -0.15) is 0 Å². The van der Waals surface area contributed by atoms with Crippen molar-refractivity contribution >= 4 is 15.9 Å². The Hall–Kier alpha value is -0.540. The van der Waals surface area contributed by atoms with Crippen LogP contribution in [0.15, 0.2) is 22.7 Å². The minimum Gasteiger partial charge on any atom is -0.496 e. The molecule has 2 nitrogen and oxygen atoms in total. The maximum absolute atomic E-state index is 10.6. The zero-order valence-electron chi connectivity index (χ0n) is 12.7. The number of rotatable bonds is 4. The van der Waals surface area contributed by atoms with Gasteiger partial charge in [-0.1, -0.05) is 32.8 Å². The SMILES string of the molecule is COc1ccc(CC(O)C2CCCCC2(C)C)cc1Br. The lowest BCUT2D eigenvalue weighted by Gasteiger charge is -2.41. The van der Waals surface area contributed by atoms with Crippen LogP contribution in [-0.4, -0.2) is 18.3 Å². The van der Waals surface area contributed by atoms with Crippen molar-refractivity contribution in [3.8, 4) is 5.75 Å². The van der Waals surface area contributed by atoms with Gasteiger partial charge >= 0.3 is 0 Å². The zero-order valence-corrected chi connectivity index (χ0v) is 14.2. The lowest BCUT2D eigenvalue weighted by molar-refractivity contribution is 0.00579. The van der Waals surface area contributed by atoms with Crippen molar-refractivity contribution in [2.45, 2.75) is 52.1 Å². The lowest BCUT2D eigenvalue weighted by Crippen LogP contribution is -2.37. The normalized spacial score (nSPS) is 23.4. The molecule has 20 heavy (non-hydrogen) atoms. The summed E-state index contributed by atoms with van der Waals surface area (Å²) in [5, 5.41) is 10.6. The highest BCUT2D eigenvalue weighted by molar-refractivity contribution is 9.10. The Kier molecular flexibility index (Phi) is 5.14. The van der Waals surface area contributed by atoms with Gasteiger partial charge in [-0.15, -0.1) is 0 Å². The average Bonchev–Trinajstić information content (AvgIpc) is 2.38. The van der Waals surface area contributed by atoms with Gasteiger partial charge in [-0.3, -0.25) is 0 Å². The van der Waals surface area contributed by atoms with Crippen molar-refractivity contribution in [1.29, 1.82) is 0 Å². The van der Waals surface area contributed by atoms with Crippen LogP contribution in [-0.2, 0) is 6.42 Å². The predicted octanol–water partition coefficient (Wildman–Crippen LogP) is 4.58. The van der Waals surface area contributed by atoms with Gasteiger partial charge in [0.2, 0.25) is 0 Å². The van der Waals surface area contributed by atoms with Crippen molar-refractivity contribution in [2.75, 3.05) is 7.11 Å². The van der Waals surface area contributed by atoms with E-state index in [1.54, 1.807) is 7.11 Å². The van der Waals surface area contributed by atoms with E-state index < -0.39 is 0 Å². The quantitative estimate of drug-likeness (QED) is 0.869. The summed E-state index contributed by atoms with van der Waals surface area (Å²) < 4.78 is 6.20. The summed E-state index contributed by atoms with van der Waals surface area (Å²) in [7, 11) is 1.67. The molecule has 0 spiro atoms. The van der Waals surface area contributed by atoms with Crippen LogP contribution in [0.4, 0.5) is 0 Å². The van der Waals surface area contributed by atoms with E-state index in [1.165, 1.54) is 19.3 Å². The Labute approximate surface area is 130 Å². The number of benzene rings is 1. The molecule has 2 atom stereocenters. The summed E-state index contributed by atoms with van der Waals surface area (Å²) in [5.74, 6) is 1.23. The minimum atomic E-state index is -0.259. The zero-order chi connectivity index (χ0) is 14.8. The fourth-order valence-corrected chi connectivity index (χ4v) is 4.04. The number of aliphatic hydroxyl groups excluding tert-OH is 1. The van der Waals surface area contributed by atoms with E-state index in [2.05, 4.69) is 35.8 Å². The van der Waals surface area contributed by atoms with Crippen molar-refractivity contribution in [3.63, 3.8) is 0 Å². The van der Waals surface area contributed by atoms with Gasteiger partial charge in [0.05, 0.1) is 17.7 Å². The maximum Gasteiger partial charge on any atom is 0.133 e. The van der Waals surface area contributed by atoms with Gasteiger partial charge in [0.15, 0.2) is 0 Å². The summed E-state index contributed by atoms with van der Waals surface area (Å²) in [6, 6.07) is 6.05. The van der Waals surface area contributed by atoms with Crippen molar-refractivity contribution < 1.29 is 9.84 Å². The molecule has 112 valence electrons. The Balaban J connectivity index is 2.07. The molecule has 1 aliphatic rings. The number of methoxy groups -OCH3 is 1. The average molecular weight is 341 g/mol. The summed E-state index contributed by atoms with van der Waals surface area (Å²) >= 11 is 3.51. The molecule has 1 fully saturated rings. The summed E-state index contributed by atoms with van der Waals surface area (Å²) in [4.78, 5) is 0. The van der Waals surface area contributed by atoms with E-state index in [0.29, 0.717) is 5.92 Å². The van der Waals surface area contributed by atoms with Gasteiger partial charge in [0, 0.05) is 0 Å². The largest absolute Gasteiger partial charge is 0.496 e. The molecule has 0 saturated heterocycles. The monoisotopic (exact) mass is 340 g/mol. The third-order valence-electron chi connectivity index (χ3n) is 4.72. The Morgan fingerprint density at radius 3 is 2.75 bits per heavy atom. The Morgan fingerprint density at radius 1 is 1.40 bits per heavy atom. The third-order valence-corrected chi connectivity index (χ3v) is 5.34. The highest BCUT2D eigenvalue weighted by Crippen LogP contribution is 2.43. The molecular weight excluding hydrogens is 316 g/mol. The van der Waals surface area contributed by atoms with Gasteiger partial charge in [0.1, 0.15) is 5.75 Å². The molecule has 1 aromatic carbocycles. The molecule has 2 rings (SSSR count). The van der Waals surface area contributed by atoms with Crippen molar-refractivity contribution in [3.05, 3.63) is 28.2 Å². The first kappa shape index (κ1) is 15.8. The first-order valence-electron chi connectivity index (χ1n) is 7.44. The third kappa shape index (κ3) is 3.56. The van der Waals surface area contributed by atoms with Gasteiger partial charge in [-0.05, 0) is 64.2 Å². The lowest BCUT2D eigenvalue weighted by atomic mass is 9.66. The fraction of sp³-hybridized carbons (Fsp3) is 0.647. The van der Waals surface area contributed by atoms with Crippen LogP contribution < -0.4 is 4.74 Å². The highest BCUT2D eigenvalue weighted by atomic mass is 79.9. The number of hydrogen-bond donors (Lipinski definition) is 1. The van der Waals surface area contributed by atoms with Crippen LogP contribution in [0.25, 0.3) is 0 Å². The van der Waals surface area contributed by atoms with E-state index in [0.717, 1.165) is 28.6 Å². The molecule has 3 heteroatoms. The van der Waals surface area contributed by atoms with Crippen molar-refractivity contribution in [2.24, 2.45) is 11.3 Å². The smallest absolute Gasteiger partial charge is 0.133 e. The van der Waals surface area contributed by atoms with E-state index in [-0.39, 0.29) is 11.5 Å². The Morgan fingerprint density at radius 2 is 2.15 bits per heavy atom. The van der Waals surface area contributed by atoms with Crippen LogP contribution in [0.5, 0.6) is 5.75 Å². The fourth-order valence-electron chi connectivity index (χ4n) is 3.45. The topological polar surface area (TPSA) is 29.5 Å². The number of ether oxygens (including phenoxy) is 1. The maximum atomic E-state index is 10.6. The molecular formula is C17H25BrO2. The molecule has 0 heterocycles. The number of aliphatic hydroxyl groups is 1. The van der Waals surface area contributed by atoms with E-state index in [1.807, 2.05) is 12.1 Å². The van der Waals surface area contributed by atoms with Gasteiger partial charge < -0.3 is 9.84 Å². The molecule has 0 bridgehead atoms. The van der Waals surface area contributed by atoms with Gasteiger partial charge in [-0.25, -0.2) is 0 Å². The molecule has 2 unspecified atom stereocenters. The molecule has 0 aliphatic heterocycles. The number of halogens is 1. The summed E-state index contributed by atoms with van der Waals surface area (Å²) in [5.41, 5.74) is 1.41. The molecule has 1 aliphatic carbocycles. The van der Waals surface area contributed by atoms with E-state index in [9.17, 15) is 5.11 Å². The molecule has 0 aromatic heterocycles. The minimum absolute atomic E-state index is 0.251. The summed E-state index contributed by atoms with van der Waals surface area (Å²) in [6.45, 7) is 4.59. The van der Waals surface area contributed by atoms with E-state index >= 15 is 0 Å². The second-order valence-electron chi connectivity index (χ2n) is 6.58. The van der Waals surface area contributed by atoms with E-state index in [4.69, 9.17) is 4.74 Å². The molecule has 1 aromatic rings. The molecule has 0 radical (unpaired) electrons. The highest BCUT2D eigenvalue weighted by Gasteiger charge is 2.36. The summed E-state index contributed by atoms with van der Waals surface area (Å²) in [6.07, 6.45) is 5.37. The van der Waals surface area contributed by atoms with Crippen LogP contribution in [0.1, 0.15) is 45.1 Å². The first-order valence-corrected chi connectivity index (χ1v) is 8.24. The standard InChI is InChI=1S/C17H25BrO2/c1-17(2)9-5-4-6-13(17)15(19)11-12-7-8-16(20-3)14(18)10-12/h7-8,10,13,15,19H,4-6,9,11H2,1-3H3. The first-order chi connectivity index (χ1) is 9.44. The van der Waals surface area contributed by atoms with Crippen LogP contribution in [0.3, 0.4) is 0 Å². The van der Waals surface area contributed by atoms with Crippen LogP contribution >= 0.6 is 15.9 Å². The Bertz CT molecular complexity index is 456. The molecule has 1 saturated carbocycles. The second kappa shape index (κ2) is 6.48. The van der Waals surface area contributed by atoms with Gasteiger partial charge in [0.25, 0.3) is 0 Å². The second-order valence-corrected chi connectivity index (χ2v) is 7.44.